The largest absolute Gasteiger partial charge is 0.460 e. The molecule has 0 fully saturated rings. The number of thioether (sulfide) groups is 1. The Balaban J connectivity index is 2.42. The number of benzene rings is 1. The average molecular weight is 238 g/mol. The third kappa shape index (κ3) is 4.49. The van der Waals surface area contributed by atoms with Gasteiger partial charge in [-0.05, 0) is 30.9 Å². The molecule has 0 aromatic heterocycles. The van der Waals surface area contributed by atoms with Gasteiger partial charge in [-0.15, -0.1) is 11.8 Å². The van der Waals surface area contributed by atoms with Crippen LogP contribution in [0.2, 0.25) is 0 Å². The van der Waals surface area contributed by atoms with E-state index in [2.05, 4.69) is 0 Å². The molecule has 1 aromatic carbocycles. The summed E-state index contributed by atoms with van der Waals surface area (Å²) in [5.74, 6) is -0.649. The molecule has 0 N–H and O–H groups in total. The molecular formula is C12H14O3S. The normalized spacial score (nSPS) is 9.88. The molecule has 0 atom stereocenters. The fourth-order valence-electron chi connectivity index (χ4n) is 1.14. The van der Waals surface area contributed by atoms with Crippen LogP contribution in [0.1, 0.15) is 18.9 Å². The number of esters is 1. The Morgan fingerprint density at radius 1 is 1.25 bits per heavy atom. The summed E-state index contributed by atoms with van der Waals surface area (Å²) in [6, 6.07) is 7.76. The maximum absolute atomic E-state index is 11.1. The van der Waals surface area contributed by atoms with Crippen molar-refractivity contribution >= 4 is 23.5 Å². The third-order valence-corrected chi connectivity index (χ3v) is 2.70. The zero-order valence-corrected chi connectivity index (χ0v) is 10.2. The molecule has 0 aliphatic rings. The first kappa shape index (κ1) is 12.8. The Morgan fingerprint density at radius 2 is 1.88 bits per heavy atom. The van der Waals surface area contributed by atoms with E-state index >= 15 is 0 Å². The second-order valence-corrected chi connectivity index (χ2v) is 4.27. The predicted molar refractivity (Wildman–Crippen MR) is 63.3 cm³/mol. The first-order valence-electron chi connectivity index (χ1n) is 4.90. The molecule has 0 aliphatic carbocycles. The van der Waals surface area contributed by atoms with E-state index in [4.69, 9.17) is 4.74 Å². The highest BCUT2D eigenvalue weighted by atomic mass is 32.2. The van der Waals surface area contributed by atoms with Gasteiger partial charge in [0.25, 0.3) is 0 Å². The quantitative estimate of drug-likeness (QED) is 0.449. The summed E-state index contributed by atoms with van der Waals surface area (Å²) in [7, 11) is 0. The Labute approximate surface area is 99.2 Å². The first-order valence-corrected chi connectivity index (χ1v) is 6.12. The van der Waals surface area contributed by atoms with Crippen LogP contribution in [0.3, 0.4) is 0 Å². The van der Waals surface area contributed by atoms with Crippen molar-refractivity contribution in [3.05, 3.63) is 29.8 Å². The minimum absolute atomic E-state index is 0.150. The number of ketones is 1. The van der Waals surface area contributed by atoms with Crippen molar-refractivity contribution < 1.29 is 14.3 Å². The van der Waals surface area contributed by atoms with Gasteiger partial charge in [0, 0.05) is 4.90 Å². The van der Waals surface area contributed by atoms with Crippen molar-refractivity contribution in [2.75, 3.05) is 6.26 Å². The van der Waals surface area contributed by atoms with Gasteiger partial charge < -0.3 is 4.74 Å². The molecule has 0 heterocycles. The monoisotopic (exact) mass is 238 g/mol. The molecule has 16 heavy (non-hydrogen) atoms. The fourth-order valence-corrected chi connectivity index (χ4v) is 1.55. The van der Waals surface area contributed by atoms with E-state index < -0.39 is 5.97 Å². The third-order valence-electron chi connectivity index (χ3n) is 1.95. The van der Waals surface area contributed by atoms with Crippen molar-refractivity contribution in [2.24, 2.45) is 0 Å². The molecular weight excluding hydrogens is 224 g/mol. The SMILES string of the molecule is CSc1ccc(COC(=O)CC(C)=O)cc1. The van der Waals surface area contributed by atoms with Gasteiger partial charge in [0.05, 0.1) is 0 Å². The number of Topliss-reactive ketones (excluding diaryl/α,β-unsaturated/α-hetero) is 1. The van der Waals surface area contributed by atoms with E-state index in [0.717, 1.165) is 5.56 Å². The zero-order valence-electron chi connectivity index (χ0n) is 9.36. The van der Waals surface area contributed by atoms with E-state index in [-0.39, 0.29) is 18.8 Å². The Morgan fingerprint density at radius 3 is 2.38 bits per heavy atom. The minimum Gasteiger partial charge on any atom is -0.460 e. The van der Waals surface area contributed by atoms with Gasteiger partial charge in [-0.3, -0.25) is 9.59 Å². The molecule has 0 amide bonds. The summed E-state index contributed by atoms with van der Waals surface area (Å²) in [6.45, 7) is 1.59. The van der Waals surface area contributed by atoms with Crippen LogP contribution in [0.15, 0.2) is 29.2 Å². The minimum atomic E-state index is -0.471. The van der Waals surface area contributed by atoms with Crippen LogP contribution in [0.4, 0.5) is 0 Å². The number of hydrogen-bond acceptors (Lipinski definition) is 4. The van der Waals surface area contributed by atoms with Gasteiger partial charge in [0.1, 0.15) is 18.8 Å². The molecule has 0 spiro atoms. The Hall–Kier alpha value is -1.29. The molecule has 4 heteroatoms. The van der Waals surface area contributed by atoms with Gasteiger partial charge in [0.15, 0.2) is 0 Å². The molecule has 0 saturated carbocycles. The van der Waals surface area contributed by atoms with Crippen LogP contribution in [0, 0.1) is 0 Å². The number of carbonyl (C=O) groups is 2. The molecule has 86 valence electrons. The Kier molecular flexibility index (Phi) is 5.05. The lowest BCUT2D eigenvalue weighted by Crippen LogP contribution is -2.08. The van der Waals surface area contributed by atoms with E-state index in [0.29, 0.717) is 0 Å². The van der Waals surface area contributed by atoms with Crippen molar-refractivity contribution in [2.45, 2.75) is 24.8 Å². The zero-order chi connectivity index (χ0) is 12.0. The lowest BCUT2D eigenvalue weighted by atomic mass is 10.2. The highest BCUT2D eigenvalue weighted by Crippen LogP contribution is 2.15. The molecule has 1 rings (SSSR count). The topological polar surface area (TPSA) is 43.4 Å². The van der Waals surface area contributed by atoms with Gasteiger partial charge in [-0.25, -0.2) is 0 Å². The highest BCUT2D eigenvalue weighted by Gasteiger charge is 2.06. The number of rotatable bonds is 5. The number of carbonyl (C=O) groups excluding carboxylic acids is 2. The van der Waals surface area contributed by atoms with Crippen LogP contribution < -0.4 is 0 Å². The first-order chi connectivity index (χ1) is 7.61. The van der Waals surface area contributed by atoms with Crippen molar-refractivity contribution in [3.63, 3.8) is 0 Å². The van der Waals surface area contributed by atoms with E-state index in [9.17, 15) is 9.59 Å². The molecule has 3 nitrogen and oxygen atoms in total. The van der Waals surface area contributed by atoms with Crippen molar-refractivity contribution in [1.82, 2.24) is 0 Å². The predicted octanol–water partition coefficient (Wildman–Crippen LogP) is 2.43. The van der Waals surface area contributed by atoms with Crippen LogP contribution in [-0.4, -0.2) is 18.0 Å². The van der Waals surface area contributed by atoms with Gasteiger partial charge in [0.2, 0.25) is 0 Å². The van der Waals surface area contributed by atoms with Gasteiger partial charge in [-0.1, -0.05) is 12.1 Å². The molecule has 1 aromatic rings. The fraction of sp³-hybridized carbons (Fsp3) is 0.333. The van der Waals surface area contributed by atoms with Crippen LogP contribution >= 0.6 is 11.8 Å². The van der Waals surface area contributed by atoms with Crippen LogP contribution in [0.25, 0.3) is 0 Å². The summed E-state index contributed by atoms with van der Waals surface area (Å²) in [6.07, 6.45) is 1.85. The summed E-state index contributed by atoms with van der Waals surface area (Å²) in [4.78, 5) is 22.9. The number of ether oxygens (including phenoxy) is 1. The standard InChI is InChI=1S/C12H14O3S/c1-9(13)7-12(14)15-8-10-3-5-11(16-2)6-4-10/h3-6H,7-8H2,1-2H3. The summed E-state index contributed by atoms with van der Waals surface area (Å²) < 4.78 is 4.95. The van der Waals surface area contributed by atoms with Crippen molar-refractivity contribution in [3.8, 4) is 0 Å². The highest BCUT2D eigenvalue weighted by molar-refractivity contribution is 7.98. The second-order valence-electron chi connectivity index (χ2n) is 3.39. The molecule has 0 unspecified atom stereocenters. The lowest BCUT2D eigenvalue weighted by molar-refractivity contribution is -0.146. The van der Waals surface area contributed by atoms with E-state index in [1.165, 1.54) is 11.8 Å². The lowest BCUT2D eigenvalue weighted by Gasteiger charge is -2.04. The maximum atomic E-state index is 11.1. The van der Waals surface area contributed by atoms with E-state index in [1.807, 2.05) is 30.5 Å². The molecule has 0 bridgehead atoms. The summed E-state index contributed by atoms with van der Waals surface area (Å²) >= 11 is 1.66. The smallest absolute Gasteiger partial charge is 0.313 e. The van der Waals surface area contributed by atoms with Gasteiger partial charge in [-0.2, -0.15) is 0 Å². The molecule has 0 aliphatic heterocycles. The second kappa shape index (κ2) is 6.33. The van der Waals surface area contributed by atoms with Crippen LogP contribution in [-0.2, 0) is 20.9 Å². The maximum Gasteiger partial charge on any atom is 0.313 e. The van der Waals surface area contributed by atoms with E-state index in [1.54, 1.807) is 11.8 Å². The molecule has 0 saturated heterocycles. The molecule has 0 radical (unpaired) electrons. The summed E-state index contributed by atoms with van der Waals surface area (Å²) in [5, 5.41) is 0. The average Bonchev–Trinajstić information content (AvgIpc) is 2.26. The Bertz CT molecular complexity index is 370. The number of hydrogen-bond donors (Lipinski definition) is 0. The van der Waals surface area contributed by atoms with Crippen molar-refractivity contribution in [1.29, 1.82) is 0 Å². The van der Waals surface area contributed by atoms with Crippen LogP contribution in [0.5, 0.6) is 0 Å². The summed E-state index contributed by atoms with van der Waals surface area (Å²) in [5.41, 5.74) is 0.926. The van der Waals surface area contributed by atoms with Gasteiger partial charge >= 0.3 is 5.97 Å².